The molecule has 22 heavy (non-hydrogen) atoms. The monoisotopic (exact) mass is 294 g/mol. The number of rotatable bonds is 4. The van der Waals surface area contributed by atoms with Crippen molar-refractivity contribution in [3.05, 3.63) is 65.2 Å². The van der Waals surface area contributed by atoms with Crippen LogP contribution in [0.5, 0.6) is 0 Å². The van der Waals surface area contributed by atoms with Crippen molar-refractivity contribution in [2.75, 3.05) is 0 Å². The minimum Gasteiger partial charge on any atom is -0.478 e. The summed E-state index contributed by atoms with van der Waals surface area (Å²) in [5.41, 5.74) is 5.59. The quantitative estimate of drug-likeness (QED) is 0.724. The molecule has 112 valence electrons. The van der Waals surface area contributed by atoms with Crippen LogP contribution < -0.4 is 0 Å². The summed E-state index contributed by atoms with van der Waals surface area (Å²) in [7, 11) is 0. The van der Waals surface area contributed by atoms with Crippen LogP contribution in [-0.2, 0) is 11.2 Å². The van der Waals surface area contributed by atoms with Crippen LogP contribution in [0.3, 0.4) is 0 Å². The summed E-state index contributed by atoms with van der Waals surface area (Å²) in [6, 6.07) is 14.0. The molecule has 1 aliphatic rings. The second-order valence-corrected chi connectivity index (χ2v) is 5.67. The maximum Gasteiger partial charge on any atom is 0.335 e. The molecule has 1 aliphatic carbocycles. The first-order valence-corrected chi connectivity index (χ1v) is 7.40. The Bertz CT molecular complexity index is 757. The van der Waals surface area contributed by atoms with Gasteiger partial charge in [0.15, 0.2) is 0 Å². The Kier molecular flexibility index (Phi) is 3.82. The van der Waals surface area contributed by atoms with Crippen molar-refractivity contribution in [1.82, 2.24) is 0 Å². The third-order valence-electron chi connectivity index (χ3n) is 4.03. The molecule has 0 aliphatic heterocycles. The molecule has 0 aromatic heterocycles. The fraction of sp³-hybridized carbons (Fsp3) is 0.211. The van der Waals surface area contributed by atoms with Gasteiger partial charge in [-0.25, -0.2) is 4.79 Å². The summed E-state index contributed by atoms with van der Waals surface area (Å²) in [6.45, 7) is 1.65. The number of aliphatic hydroxyl groups is 1. The van der Waals surface area contributed by atoms with E-state index < -0.39 is 12.1 Å². The van der Waals surface area contributed by atoms with Gasteiger partial charge in [0.1, 0.15) is 0 Å². The van der Waals surface area contributed by atoms with Crippen LogP contribution in [-0.4, -0.2) is 22.3 Å². The SMILES string of the molecule is CC(O)CC=C(C(=O)O)c1cccc2c1Cc1ccccc1-2. The molecule has 0 spiro atoms. The van der Waals surface area contributed by atoms with Crippen LogP contribution >= 0.6 is 0 Å². The van der Waals surface area contributed by atoms with E-state index in [4.69, 9.17) is 0 Å². The van der Waals surface area contributed by atoms with Gasteiger partial charge in [-0.3, -0.25) is 0 Å². The number of hydrogen-bond acceptors (Lipinski definition) is 2. The summed E-state index contributed by atoms with van der Waals surface area (Å²) in [5.74, 6) is -0.954. The minimum absolute atomic E-state index is 0.269. The summed E-state index contributed by atoms with van der Waals surface area (Å²) < 4.78 is 0. The van der Waals surface area contributed by atoms with Gasteiger partial charge in [-0.1, -0.05) is 48.5 Å². The van der Waals surface area contributed by atoms with Crippen molar-refractivity contribution in [2.45, 2.75) is 25.9 Å². The predicted octanol–water partition coefficient (Wildman–Crippen LogP) is 3.50. The lowest BCUT2D eigenvalue weighted by Gasteiger charge is -2.10. The van der Waals surface area contributed by atoms with Gasteiger partial charge in [0.25, 0.3) is 0 Å². The van der Waals surface area contributed by atoms with E-state index in [0.717, 1.165) is 23.1 Å². The summed E-state index contributed by atoms with van der Waals surface area (Å²) in [5, 5.41) is 19.0. The summed E-state index contributed by atoms with van der Waals surface area (Å²) in [4.78, 5) is 11.6. The molecule has 2 N–H and O–H groups in total. The van der Waals surface area contributed by atoms with Crippen molar-refractivity contribution < 1.29 is 15.0 Å². The molecule has 0 bridgehead atoms. The van der Waals surface area contributed by atoms with Gasteiger partial charge in [-0.05, 0) is 47.6 Å². The summed E-state index contributed by atoms with van der Waals surface area (Å²) in [6.07, 6.45) is 2.15. The number of aliphatic carboxylic acids is 1. The lowest BCUT2D eigenvalue weighted by atomic mass is 9.94. The van der Waals surface area contributed by atoms with E-state index in [2.05, 4.69) is 12.1 Å². The number of carboxylic acids is 1. The van der Waals surface area contributed by atoms with Gasteiger partial charge in [0.05, 0.1) is 11.7 Å². The molecule has 2 aromatic rings. The molecule has 0 saturated carbocycles. The molecule has 3 rings (SSSR count). The van der Waals surface area contributed by atoms with Crippen LogP contribution in [0.15, 0.2) is 48.5 Å². The largest absolute Gasteiger partial charge is 0.478 e. The first-order chi connectivity index (χ1) is 10.6. The topological polar surface area (TPSA) is 57.5 Å². The maximum absolute atomic E-state index is 11.6. The van der Waals surface area contributed by atoms with Crippen molar-refractivity contribution in [3.8, 4) is 11.1 Å². The molecule has 3 heteroatoms. The standard InChI is InChI=1S/C19H18O3/c1-12(20)9-10-17(19(21)22)16-8-4-7-15-14-6-3-2-5-13(14)11-18(15)16/h2-8,10,12,20H,9,11H2,1H3,(H,21,22). The van der Waals surface area contributed by atoms with E-state index in [1.807, 2.05) is 30.3 Å². The van der Waals surface area contributed by atoms with E-state index >= 15 is 0 Å². The van der Waals surface area contributed by atoms with Gasteiger partial charge in [0, 0.05) is 0 Å². The Labute approximate surface area is 129 Å². The number of carbonyl (C=O) groups is 1. The van der Waals surface area contributed by atoms with E-state index in [9.17, 15) is 15.0 Å². The van der Waals surface area contributed by atoms with Crippen LogP contribution in [0.1, 0.15) is 30.0 Å². The molecular weight excluding hydrogens is 276 g/mol. The van der Waals surface area contributed by atoms with Gasteiger partial charge in [0.2, 0.25) is 0 Å². The zero-order chi connectivity index (χ0) is 15.7. The zero-order valence-corrected chi connectivity index (χ0v) is 12.4. The van der Waals surface area contributed by atoms with Gasteiger partial charge in [-0.2, -0.15) is 0 Å². The van der Waals surface area contributed by atoms with Crippen LogP contribution in [0.25, 0.3) is 16.7 Å². The molecule has 0 saturated heterocycles. The van der Waals surface area contributed by atoms with E-state index in [0.29, 0.717) is 6.42 Å². The highest BCUT2D eigenvalue weighted by molar-refractivity contribution is 6.16. The van der Waals surface area contributed by atoms with E-state index in [1.54, 1.807) is 13.0 Å². The number of aliphatic hydroxyl groups excluding tert-OH is 1. The van der Waals surface area contributed by atoms with Gasteiger partial charge in [-0.15, -0.1) is 0 Å². The lowest BCUT2D eigenvalue weighted by Crippen LogP contribution is -2.05. The number of hydrogen-bond donors (Lipinski definition) is 2. The predicted molar refractivity (Wildman–Crippen MR) is 86.6 cm³/mol. The highest BCUT2D eigenvalue weighted by Crippen LogP contribution is 2.40. The van der Waals surface area contributed by atoms with Gasteiger partial charge >= 0.3 is 5.97 Å². The van der Waals surface area contributed by atoms with Crippen LogP contribution in [0, 0.1) is 0 Å². The number of carboxylic acid groups (broad SMARTS) is 1. The first kappa shape index (κ1) is 14.5. The fourth-order valence-corrected chi connectivity index (χ4v) is 3.01. The van der Waals surface area contributed by atoms with Crippen LogP contribution in [0.4, 0.5) is 0 Å². The van der Waals surface area contributed by atoms with Crippen molar-refractivity contribution in [2.24, 2.45) is 0 Å². The highest BCUT2D eigenvalue weighted by atomic mass is 16.4. The Morgan fingerprint density at radius 2 is 1.91 bits per heavy atom. The highest BCUT2D eigenvalue weighted by Gasteiger charge is 2.23. The minimum atomic E-state index is -0.954. The van der Waals surface area contributed by atoms with Crippen molar-refractivity contribution in [1.29, 1.82) is 0 Å². The van der Waals surface area contributed by atoms with Crippen molar-refractivity contribution in [3.63, 3.8) is 0 Å². The molecule has 2 aromatic carbocycles. The van der Waals surface area contributed by atoms with Gasteiger partial charge < -0.3 is 10.2 Å². The van der Waals surface area contributed by atoms with E-state index in [1.165, 1.54) is 11.1 Å². The second kappa shape index (κ2) is 5.78. The lowest BCUT2D eigenvalue weighted by molar-refractivity contribution is -0.130. The molecule has 0 fully saturated rings. The average molecular weight is 294 g/mol. The fourth-order valence-electron chi connectivity index (χ4n) is 3.01. The Hall–Kier alpha value is -2.39. The Morgan fingerprint density at radius 3 is 2.64 bits per heavy atom. The maximum atomic E-state index is 11.6. The Morgan fingerprint density at radius 1 is 1.18 bits per heavy atom. The molecule has 0 amide bonds. The summed E-state index contributed by atoms with van der Waals surface area (Å²) >= 11 is 0. The molecule has 1 atom stereocenters. The van der Waals surface area contributed by atoms with E-state index in [-0.39, 0.29) is 5.57 Å². The molecular formula is C19H18O3. The number of benzene rings is 2. The Balaban J connectivity index is 2.10. The van der Waals surface area contributed by atoms with Crippen LogP contribution in [0.2, 0.25) is 0 Å². The smallest absolute Gasteiger partial charge is 0.335 e. The molecule has 0 heterocycles. The normalized spacial score (nSPS) is 14.4. The second-order valence-electron chi connectivity index (χ2n) is 5.67. The molecule has 0 radical (unpaired) electrons. The zero-order valence-electron chi connectivity index (χ0n) is 12.4. The van der Waals surface area contributed by atoms with Crippen molar-refractivity contribution >= 4 is 11.5 Å². The molecule has 3 nitrogen and oxygen atoms in total. The first-order valence-electron chi connectivity index (χ1n) is 7.40. The average Bonchev–Trinajstić information content (AvgIpc) is 2.86. The third-order valence-corrected chi connectivity index (χ3v) is 4.03. The number of fused-ring (bicyclic) bond motifs is 3. The third kappa shape index (κ3) is 2.55. The molecule has 1 unspecified atom stereocenters.